The van der Waals surface area contributed by atoms with Crippen molar-refractivity contribution in [3.05, 3.63) is 0 Å². The topological polar surface area (TPSA) is 29.3 Å². The Morgan fingerprint density at radius 2 is 1.87 bits per heavy atom. The summed E-state index contributed by atoms with van der Waals surface area (Å²) in [5, 5.41) is 0. The highest BCUT2D eigenvalue weighted by Gasteiger charge is 2.29. The fourth-order valence-electron chi connectivity index (χ4n) is 3.04. The van der Waals surface area contributed by atoms with E-state index in [-0.39, 0.29) is 0 Å². The van der Waals surface area contributed by atoms with Crippen LogP contribution in [0.5, 0.6) is 0 Å². The van der Waals surface area contributed by atoms with Crippen molar-refractivity contribution in [3.63, 3.8) is 0 Å². The highest BCUT2D eigenvalue weighted by atomic mass is 15.2. The average Bonchev–Trinajstić information content (AvgIpc) is 2.55. The maximum atomic E-state index is 5.93. The van der Waals surface area contributed by atoms with Crippen molar-refractivity contribution in [2.24, 2.45) is 17.1 Å². The van der Waals surface area contributed by atoms with E-state index >= 15 is 0 Å². The first-order chi connectivity index (χ1) is 7.05. The summed E-state index contributed by atoms with van der Waals surface area (Å²) in [5.74, 6) is 0.948. The third-order valence-corrected chi connectivity index (χ3v) is 4.28. The number of rotatable bonds is 2. The van der Waals surface area contributed by atoms with Gasteiger partial charge in [-0.2, -0.15) is 0 Å². The number of hydrogen-bond acceptors (Lipinski definition) is 2. The van der Waals surface area contributed by atoms with Crippen LogP contribution in [0.1, 0.15) is 46.0 Å². The van der Waals surface area contributed by atoms with Crippen LogP contribution in [0.2, 0.25) is 0 Å². The van der Waals surface area contributed by atoms with Gasteiger partial charge in [0.05, 0.1) is 0 Å². The lowest BCUT2D eigenvalue weighted by Crippen LogP contribution is -2.33. The normalized spacial score (nSPS) is 33.4. The van der Waals surface area contributed by atoms with Crippen LogP contribution in [-0.2, 0) is 0 Å². The molecule has 2 aliphatic rings. The molecule has 0 aromatic rings. The highest BCUT2D eigenvalue weighted by molar-refractivity contribution is 4.83. The van der Waals surface area contributed by atoms with Gasteiger partial charge in [0, 0.05) is 19.1 Å². The van der Waals surface area contributed by atoms with E-state index in [1.807, 2.05) is 0 Å². The standard InChI is InChI=1S/C13H26N2/c1-13(2)6-3-11(4-7-13)9-15-8-5-12(14)10-15/h11-12H,3-10,14H2,1-2H3/t12-/m0/s1. The number of likely N-dealkylation sites (tertiary alicyclic amines) is 1. The molecule has 0 bridgehead atoms. The summed E-state index contributed by atoms with van der Waals surface area (Å²) in [6.07, 6.45) is 6.89. The molecular formula is C13H26N2. The van der Waals surface area contributed by atoms with Crippen LogP contribution in [0.3, 0.4) is 0 Å². The Balaban J connectivity index is 1.73. The van der Waals surface area contributed by atoms with E-state index in [0.29, 0.717) is 11.5 Å². The molecule has 2 N–H and O–H groups in total. The van der Waals surface area contributed by atoms with Crippen LogP contribution >= 0.6 is 0 Å². The van der Waals surface area contributed by atoms with Gasteiger partial charge in [-0.1, -0.05) is 13.8 Å². The number of nitrogens with two attached hydrogens (primary N) is 1. The van der Waals surface area contributed by atoms with Crippen LogP contribution < -0.4 is 5.73 Å². The molecule has 1 atom stereocenters. The van der Waals surface area contributed by atoms with Crippen molar-refractivity contribution in [2.45, 2.75) is 52.0 Å². The minimum Gasteiger partial charge on any atom is -0.326 e. The SMILES string of the molecule is CC1(C)CCC(CN2CC[C@H](N)C2)CC1. The Labute approximate surface area is 94.2 Å². The molecule has 1 saturated heterocycles. The van der Waals surface area contributed by atoms with E-state index in [9.17, 15) is 0 Å². The molecule has 1 heterocycles. The molecule has 0 radical (unpaired) electrons. The first kappa shape index (κ1) is 11.4. The zero-order valence-corrected chi connectivity index (χ0v) is 10.3. The zero-order valence-electron chi connectivity index (χ0n) is 10.3. The molecule has 2 nitrogen and oxygen atoms in total. The molecule has 0 aromatic heterocycles. The van der Waals surface area contributed by atoms with Crippen LogP contribution in [0, 0.1) is 11.3 Å². The predicted molar refractivity (Wildman–Crippen MR) is 64.8 cm³/mol. The molecule has 1 saturated carbocycles. The van der Waals surface area contributed by atoms with Gasteiger partial charge in [0.25, 0.3) is 0 Å². The molecule has 2 fully saturated rings. The van der Waals surface area contributed by atoms with Gasteiger partial charge >= 0.3 is 0 Å². The van der Waals surface area contributed by atoms with E-state index in [2.05, 4.69) is 18.7 Å². The Morgan fingerprint density at radius 3 is 2.40 bits per heavy atom. The molecule has 0 amide bonds. The van der Waals surface area contributed by atoms with Crippen LogP contribution in [0.4, 0.5) is 0 Å². The van der Waals surface area contributed by atoms with Gasteiger partial charge < -0.3 is 10.6 Å². The second kappa shape index (κ2) is 4.42. The Kier molecular flexibility index (Phi) is 3.36. The summed E-state index contributed by atoms with van der Waals surface area (Å²) in [7, 11) is 0. The van der Waals surface area contributed by atoms with Gasteiger partial charge in [0.2, 0.25) is 0 Å². The zero-order chi connectivity index (χ0) is 10.9. The molecule has 1 aliphatic carbocycles. The molecule has 15 heavy (non-hydrogen) atoms. The second-order valence-corrected chi connectivity index (χ2v) is 6.42. The smallest absolute Gasteiger partial charge is 0.0180 e. The maximum absolute atomic E-state index is 5.93. The summed E-state index contributed by atoms with van der Waals surface area (Å²) in [5.41, 5.74) is 6.54. The number of nitrogens with zero attached hydrogens (tertiary/aromatic N) is 1. The second-order valence-electron chi connectivity index (χ2n) is 6.42. The first-order valence-electron chi connectivity index (χ1n) is 6.53. The van der Waals surface area contributed by atoms with E-state index in [0.717, 1.165) is 12.5 Å². The highest BCUT2D eigenvalue weighted by Crippen LogP contribution is 2.38. The summed E-state index contributed by atoms with van der Waals surface area (Å²) >= 11 is 0. The molecule has 2 heteroatoms. The van der Waals surface area contributed by atoms with E-state index in [4.69, 9.17) is 5.73 Å². The predicted octanol–water partition coefficient (Wildman–Crippen LogP) is 2.24. The van der Waals surface area contributed by atoms with Crippen LogP contribution in [0.15, 0.2) is 0 Å². The lowest BCUT2D eigenvalue weighted by Gasteiger charge is -2.35. The largest absolute Gasteiger partial charge is 0.326 e. The van der Waals surface area contributed by atoms with Gasteiger partial charge in [0.15, 0.2) is 0 Å². The quantitative estimate of drug-likeness (QED) is 0.757. The van der Waals surface area contributed by atoms with Gasteiger partial charge in [-0.25, -0.2) is 0 Å². The Bertz CT molecular complexity index is 203. The van der Waals surface area contributed by atoms with Gasteiger partial charge in [-0.3, -0.25) is 0 Å². The first-order valence-corrected chi connectivity index (χ1v) is 6.53. The van der Waals surface area contributed by atoms with Crippen molar-refractivity contribution in [2.75, 3.05) is 19.6 Å². The fourth-order valence-corrected chi connectivity index (χ4v) is 3.04. The molecular weight excluding hydrogens is 184 g/mol. The van der Waals surface area contributed by atoms with Crippen LogP contribution in [-0.4, -0.2) is 30.6 Å². The minimum absolute atomic E-state index is 0.449. The third kappa shape index (κ3) is 3.18. The lowest BCUT2D eigenvalue weighted by atomic mass is 9.73. The lowest BCUT2D eigenvalue weighted by molar-refractivity contribution is 0.155. The van der Waals surface area contributed by atoms with Crippen molar-refractivity contribution in [3.8, 4) is 0 Å². The van der Waals surface area contributed by atoms with E-state index < -0.39 is 0 Å². The van der Waals surface area contributed by atoms with Gasteiger partial charge in [0.1, 0.15) is 0 Å². The fraction of sp³-hybridized carbons (Fsp3) is 1.00. The Hall–Kier alpha value is -0.0800. The third-order valence-electron chi connectivity index (χ3n) is 4.28. The molecule has 0 aromatic carbocycles. The summed E-state index contributed by atoms with van der Waals surface area (Å²) < 4.78 is 0. The van der Waals surface area contributed by atoms with E-state index in [1.54, 1.807) is 0 Å². The summed E-state index contributed by atoms with van der Waals surface area (Å²) in [4.78, 5) is 2.58. The molecule has 88 valence electrons. The van der Waals surface area contributed by atoms with Crippen molar-refractivity contribution in [1.82, 2.24) is 4.90 Å². The minimum atomic E-state index is 0.449. The van der Waals surface area contributed by atoms with Crippen molar-refractivity contribution >= 4 is 0 Å². The molecule has 2 rings (SSSR count). The van der Waals surface area contributed by atoms with Crippen molar-refractivity contribution < 1.29 is 0 Å². The van der Waals surface area contributed by atoms with E-state index in [1.165, 1.54) is 45.2 Å². The molecule has 1 aliphatic heterocycles. The molecule has 0 spiro atoms. The monoisotopic (exact) mass is 210 g/mol. The maximum Gasteiger partial charge on any atom is 0.0180 e. The Morgan fingerprint density at radius 1 is 1.20 bits per heavy atom. The molecule has 0 unspecified atom stereocenters. The van der Waals surface area contributed by atoms with Crippen LogP contribution in [0.25, 0.3) is 0 Å². The number of hydrogen-bond donors (Lipinski definition) is 1. The van der Waals surface area contributed by atoms with Crippen molar-refractivity contribution in [1.29, 1.82) is 0 Å². The van der Waals surface area contributed by atoms with Gasteiger partial charge in [-0.15, -0.1) is 0 Å². The average molecular weight is 210 g/mol. The van der Waals surface area contributed by atoms with Gasteiger partial charge in [-0.05, 0) is 50.0 Å². The summed E-state index contributed by atoms with van der Waals surface area (Å²) in [6.45, 7) is 8.51. The summed E-state index contributed by atoms with van der Waals surface area (Å²) in [6, 6.07) is 0.449.